The number of aromatic nitrogens is 1. The Balaban J connectivity index is 1.66. The zero-order valence-corrected chi connectivity index (χ0v) is 14.2. The SMILES string of the molecule is CCc1nc2c(s1)[C@H](N[C@H]1CCCN(C(=O)OC)C1)CCC2. The predicted octanol–water partition coefficient (Wildman–Crippen LogP) is 2.90. The minimum atomic E-state index is -0.207. The highest BCUT2D eigenvalue weighted by Crippen LogP contribution is 2.35. The van der Waals surface area contributed by atoms with Crippen molar-refractivity contribution in [3.05, 3.63) is 15.6 Å². The van der Waals surface area contributed by atoms with Gasteiger partial charge in [0.15, 0.2) is 0 Å². The first kappa shape index (κ1) is 15.7. The number of hydrogen-bond donors (Lipinski definition) is 1. The molecule has 1 aromatic rings. The zero-order valence-electron chi connectivity index (χ0n) is 13.4. The molecule has 0 unspecified atom stereocenters. The molecular weight excluding hydrogens is 298 g/mol. The van der Waals surface area contributed by atoms with Crippen LogP contribution in [0.5, 0.6) is 0 Å². The number of carbonyl (C=O) groups is 1. The van der Waals surface area contributed by atoms with Gasteiger partial charge in [0, 0.05) is 30.1 Å². The van der Waals surface area contributed by atoms with Gasteiger partial charge in [0.25, 0.3) is 0 Å². The van der Waals surface area contributed by atoms with Crippen LogP contribution in [0.3, 0.4) is 0 Å². The van der Waals surface area contributed by atoms with Crippen molar-refractivity contribution in [2.45, 2.75) is 57.5 Å². The number of likely N-dealkylation sites (tertiary alicyclic amines) is 1. The van der Waals surface area contributed by atoms with Crippen LogP contribution >= 0.6 is 11.3 Å². The Morgan fingerprint density at radius 3 is 3.09 bits per heavy atom. The van der Waals surface area contributed by atoms with Crippen molar-refractivity contribution in [3.63, 3.8) is 0 Å². The number of nitrogens with zero attached hydrogens (tertiary/aromatic N) is 2. The summed E-state index contributed by atoms with van der Waals surface area (Å²) < 4.78 is 4.85. The van der Waals surface area contributed by atoms with Gasteiger partial charge >= 0.3 is 6.09 Å². The van der Waals surface area contributed by atoms with E-state index >= 15 is 0 Å². The summed E-state index contributed by atoms with van der Waals surface area (Å²) in [7, 11) is 1.45. The van der Waals surface area contributed by atoms with Crippen molar-refractivity contribution in [2.24, 2.45) is 0 Å². The molecule has 2 heterocycles. The molecule has 0 radical (unpaired) electrons. The fourth-order valence-electron chi connectivity index (χ4n) is 3.47. The molecule has 1 N–H and O–H groups in total. The lowest BCUT2D eigenvalue weighted by atomic mass is 9.96. The summed E-state index contributed by atoms with van der Waals surface area (Å²) in [4.78, 5) is 19.7. The lowest BCUT2D eigenvalue weighted by molar-refractivity contribution is 0.105. The number of thiazole rings is 1. The molecule has 1 aliphatic heterocycles. The maximum absolute atomic E-state index is 11.7. The molecule has 0 bridgehead atoms. The van der Waals surface area contributed by atoms with Gasteiger partial charge in [-0.3, -0.25) is 0 Å². The first-order chi connectivity index (χ1) is 10.7. The van der Waals surface area contributed by atoms with E-state index in [1.54, 1.807) is 0 Å². The summed E-state index contributed by atoms with van der Waals surface area (Å²) in [5.74, 6) is 0. The highest BCUT2D eigenvalue weighted by molar-refractivity contribution is 7.11. The fourth-order valence-corrected chi connectivity index (χ4v) is 4.62. The quantitative estimate of drug-likeness (QED) is 0.929. The molecule has 5 nitrogen and oxygen atoms in total. The molecule has 0 aromatic carbocycles. The normalized spacial score (nSPS) is 24.9. The summed E-state index contributed by atoms with van der Waals surface area (Å²) in [6, 6.07) is 0.764. The van der Waals surface area contributed by atoms with Crippen molar-refractivity contribution < 1.29 is 9.53 Å². The molecule has 1 fully saturated rings. The number of carbonyl (C=O) groups excluding carboxylic acids is 1. The van der Waals surface area contributed by atoms with Crippen LogP contribution in [0.25, 0.3) is 0 Å². The first-order valence-corrected chi connectivity index (χ1v) is 9.10. The third-order valence-corrected chi connectivity index (χ3v) is 5.94. The van der Waals surface area contributed by atoms with Crippen LogP contribution in [0.2, 0.25) is 0 Å². The molecule has 2 aliphatic rings. The van der Waals surface area contributed by atoms with Crippen LogP contribution < -0.4 is 5.32 Å². The zero-order chi connectivity index (χ0) is 15.5. The third-order valence-electron chi connectivity index (χ3n) is 4.59. The van der Waals surface area contributed by atoms with Crippen LogP contribution in [0.15, 0.2) is 0 Å². The number of rotatable bonds is 3. The number of hydrogen-bond acceptors (Lipinski definition) is 5. The van der Waals surface area contributed by atoms with Gasteiger partial charge in [0.2, 0.25) is 0 Å². The molecule has 1 saturated heterocycles. The first-order valence-electron chi connectivity index (χ1n) is 8.28. The molecule has 6 heteroatoms. The second kappa shape index (κ2) is 6.96. The molecule has 0 spiro atoms. The van der Waals surface area contributed by atoms with E-state index in [1.807, 2.05) is 16.2 Å². The number of nitrogens with one attached hydrogen (secondary N) is 1. The van der Waals surface area contributed by atoms with E-state index in [4.69, 9.17) is 9.72 Å². The second-order valence-corrected chi connectivity index (χ2v) is 7.25. The van der Waals surface area contributed by atoms with Crippen molar-refractivity contribution in [3.8, 4) is 0 Å². The largest absolute Gasteiger partial charge is 0.453 e. The Hall–Kier alpha value is -1.14. The van der Waals surface area contributed by atoms with Crippen LogP contribution in [-0.2, 0) is 17.6 Å². The lowest BCUT2D eigenvalue weighted by Crippen LogP contribution is -2.49. The van der Waals surface area contributed by atoms with Crippen molar-refractivity contribution in [1.29, 1.82) is 0 Å². The van der Waals surface area contributed by atoms with Gasteiger partial charge in [-0.2, -0.15) is 0 Å². The van der Waals surface area contributed by atoms with Gasteiger partial charge in [-0.25, -0.2) is 9.78 Å². The van der Waals surface area contributed by atoms with Crippen molar-refractivity contribution in [2.75, 3.05) is 20.2 Å². The number of methoxy groups -OCH3 is 1. The molecule has 1 amide bonds. The lowest BCUT2D eigenvalue weighted by Gasteiger charge is -2.35. The van der Waals surface area contributed by atoms with E-state index in [1.165, 1.54) is 35.5 Å². The highest BCUT2D eigenvalue weighted by atomic mass is 32.1. The molecule has 122 valence electrons. The summed E-state index contributed by atoms with van der Waals surface area (Å²) >= 11 is 1.86. The van der Waals surface area contributed by atoms with E-state index in [0.29, 0.717) is 12.1 Å². The Kier molecular flexibility index (Phi) is 4.98. The molecular formula is C16H25N3O2S. The number of fused-ring (bicyclic) bond motifs is 1. The third kappa shape index (κ3) is 3.27. The minimum Gasteiger partial charge on any atom is -0.453 e. The standard InChI is InChI=1S/C16H25N3O2S/c1-3-14-18-13-8-4-7-12(15(13)22-14)17-11-6-5-9-19(10-11)16(20)21-2/h11-12,17H,3-10H2,1-2H3/t11-,12+/m0/s1. The molecule has 0 saturated carbocycles. The summed E-state index contributed by atoms with van der Waals surface area (Å²) in [6.45, 7) is 3.72. The number of amides is 1. The highest BCUT2D eigenvalue weighted by Gasteiger charge is 2.29. The van der Waals surface area contributed by atoms with Crippen LogP contribution in [0.4, 0.5) is 4.79 Å². The average molecular weight is 323 g/mol. The number of ether oxygens (including phenoxy) is 1. The number of aryl methyl sites for hydroxylation is 2. The summed E-state index contributed by atoms with van der Waals surface area (Å²) in [5.41, 5.74) is 1.30. The molecule has 3 rings (SSSR count). The summed E-state index contributed by atoms with van der Waals surface area (Å²) in [5, 5.41) is 5.03. The fraction of sp³-hybridized carbons (Fsp3) is 0.750. The monoisotopic (exact) mass is 323 g/mol. The van der Waals surface area contributed by atoms with Crippen LogP contribution in [0.1, 0.15) is 54.2 Å². The smallest absolute Gasteiger partial charge is 0.409 e. The predicted molar refractivity (Wildman–Crippen MR) is 87.3 cm³/mol. The Morgan fingerprint density at radius 2 is 2.32 bits per heavy atom. The Bertz CT molecular complexity index is 531. The van der Waals surface area contributed by atoms with E-state index in [-0.39, 0.29) is 6.09 Å². The van der Waals surface area contributed by atoms with Gasteiger partial charge in [-0.1, -0.05) is 6.92 Å². The van der Waals surface area contributed by atoms with Gasteiger partial charge in [-0.15, -0.1) is 11.3 Å². The second-order valence-electron chi connectivity index (χ2n) is 6.14. The van der Waals surface area contributed by atoms with Crippen LogP contribution in [0, 0.1) is 0 Å². The Labute approximate surface area is 136 Å². The summed E-state index contributed by atoms with van der Waals surface area (Å²) in [6.07, 6.45) is 6.46. The van der Waals surface area contributed by atoms with Crippen LogP contribution in [-0.4, -0.2) is 42.2 Å². The molecule has 1 aromatic heterocycles. The van der Waals surface area contributed by atoms with Crippen molar-refractivity contribution >= 4 is 17.4 Å². The molecule has 2 atom stereocenters. The van der Waals surface area contributed by atoms with Gasteiger partial charge < -0.3 is 15.0 Å². The number of piperidine rings is 1. The topological polar surface area (TPSA) is 54.5 Å². The van der Waals surface area contributed by atoms with Gasteiger partial charge in [-0.05, 0) is 38.5 Å². The molecule has 1 aliphatic carbocycles. The molecule has 22 heavy (non-hydrogen) atoms. The average Bonchev–Trinajstić information content (AvgIpc) is 2.99. The van der Waals surface area contributed by atoms with Gasteiger partial charge in [0.05, 0.1) is 17.8 Å². The maximum Gasteiger partial charge on any atom is 0.409 e. The Morgan fingerprint density at radius 1 is 1.45 bits per heavy atom. The van der Waals surface area contributed by atoms with Crippen molar-refractivity contribution in [1.82, 2.24) is 15.2 Å². The minimum absolute atomic E-state index is 0.207. The van der Waals surface area contributed by atoms with E-state index < -0.39 is 0 Å². The van der Waals surface area contributed by atoms with Gasteiger partial charge in [0.1, 0.15) is 0 Å². The van der Waals surface area contributed by atoms with E-state index in [0.717, 1.165) is 38.8 Å². The van der Waals surface area contributed by atoms with E-state index in [2.05, 4.69) is 12.2 Å². The van der Waals surface area contributed by atoms with E-state index in [9.17, 15) is 4.79 Å². The maximum atomic E-state index is 11.7.